The lowest BCUT2D eigenvalue weighted by Gasteiger charge is -2.58. The molecule has 2 rings (SSSR count). The molecule has 18 heavy (non-hydrogen) atoms. The monoisotopic (exact) mass is 274 g/mol. The van der Waals surface area contributed by atoms with Gasteiger partial charge in [-0.1, -0.05) is 0 Å². The lowest BCUT2D eigenvalue weighted by Crippen LogP contribution is -2.73. The van der Waals surface area contributed by atoms with Gasteiger partial charge in [-0.2, -0.15) is 0 Å². The zero-order valence-electron chi connectivity index (χ0n) is 12.1. The third-order valence-corrected chi connectivity index (χ3v) is 5.42. The lowest BCUT2D eigenvalue weighted by atomic mass is 9.90. The van der Waals surface area contributed by atoms with Crippen molar-refractivity contribution in [3.05, 3.63) is 0 Å². The molecule has 0 unspecified atom stereocenters. The summed E-state index contributed by atoms with van der Waals surface area (Å²) in [7, 11) is 1.77. The summed E-state index contributed by atoms with van der Waals surface area (Å²) in [5, 5.41) is 0. The van der Waals surface area contributed by atoms with Gasteiger partial charge in [-0.3, -0.25) is 9.80 Å². The fraction of sp³-hybridized carbons (Fsp3) is 1.00. The normalized spacial score (nSPS) is 25.3. The van der Waals surface area contributed by atoms with Crippen molar-refractivity contribution < 1.29 is 9.47 Å². The van der Waals surface area contributed by atoms with Gasteiger partial charge in [-0.05, 0) is 20.1 Å². The van der Waals surface area contributed by atoms with Crippen molar-refractivity contribution in [2.45, 2.75) is 24.3 Å². The largest absolute Gasteiger partial charge is 0.383 e. The van der Waals surface area contributed by atoms with Gasteiger partial charge >= 0.3 is 0 Å². The van der Waals surface area contributed by atoms with Gasteiger partial charge < -0.3 is 9.47 Å². The van der Waals surface area contributed by atoms with Crippen LogP contribution in [0.15, 0.2) is 0 Å². The Labute approximate surface area is 115 Å². The zero-order chi connectivity index (χ0) is 13.2. The summed E-state index contributed by atoms with van der Waals surface area (Å²) in [6.45, 7) is 11.5. The standard InChI is InChI=1S/C13H26N2O2S/c1-12(2,18-4)15-10-13(11-15)9-14(5-7-16-3)6-8-17-13/h5-11H2,1-4H3. The molecule has 2 saturated heterocycles. The molecule has 4 nitrogen and oxygen atoms in total. The highest BCUT2D eigenvalue weighted by atomic mass is 32.2. The minimum absolute atomic E-state index is 0.0823. The molecule has 2 aliphatic rings. The number of hydrogen-bond donors (Lipinski definition) is 0. The van der Waals surface area contributed by atoms with Crippen molar-refractivity contribution in [1.82, 2.24) is 9.80 Å². The molecule has 0 atom stereocenters. The molecule has 0 bridgehead atoms. The van der Waals surface area contributed by atoms with Crippen molar-refractivity contribution in [1.29, 1.82) is 0 Å². The molecule has 0 N–H and O–H groups in total. The molecule has 5 heteroatoms. The first-order valence-corrected chi connectivity index (χ1v) is 7.89. The van der Waals surface area contributed by atoms with E-state index in [1.165, 1.54) is 0 Å². The molecular formula is C13H26N2O2S. The molecule has 106 valence electrons. The van der Waals surface area contributed by atoms with Crippen LogP contribution in [0.25, 0.3) is 0 Å². The first kappa shape index (κ1) is 14.6. The number of nitrogens with zero attached hydrogens (tertiary/aromatic N) is 2. The summed E-state index contributed by atoms with van der Waals surface area (Å²) in [5.74, 6) is 0. The van der Waals surface area contributed by atoms with Gasteiger partial charge in [-0.25, -0.2) is 0 Å². The minimum atomic E-state index is 0.0823. The van der Waals surface area contributed by atoms with Gasteiger partial charge in [0.2, 0.25) is 0 Å². The molecule has 0 aromatic carbocycles. The van der Waals surface area contributed by atoms with E-state index >= 15 is 0 Å². The van der Waals surface area contributed by atoms with Gasteiger partial charge in [-0.15, -0.1) is 11.8 Å². The molecule has 0 aromatic rings. The smallest absolute Gasteiger partial charge is 0.106 e. The number of morpholine rings is 1. The number of thioether (sulfide) groups is 1. The third kappa shape index (κ3) is 3.02. The molecule has 0 saturated carbocycles. The van der Waals surface area contributed by atoms with E-state index < -0.39 is 0 Å². The molecule has 2 fully saturated rings. The van der Waals surface area contributed by atoms with E-state index in [0.717, 1.165) is 45.9 Å². The zero-order valence-corrected chi connectivity index (χ0v) is 12.9. The highest BCUT2D eigenvalue weighted by Crippen LogP contribution is 2.38. The molecule has 0 aromatic heterocycles. The summed E-state index contributed by atoms with van der Waals surface area (Å²) in [5.41, 5.74) is 0.0823. The van der Waals surface area contributed by atoms with Crippen molar-refractivity contribution in [2.24, 2.45) is 0 Å². The Bertz CT molecular complexity index is 280. The van der Waals surface area contributed by atoms with E-state index in [9.17, 15) is 0 Å². The fourth-order valence-corrected chi connectivity index (χ4v) is 3.07. The Balaban J connectivity index is 1.84. The fourth-order valence-electron chi connectivity index (χ4n) is 2.69. The van der Waals surface area contributed by atoms with Crippen LogP contribution >= 0.6 is 11.8 Å². The predicted molar refractivity (Wildman–Crippen MR) is 76.2 cm³/mol. The van der Waals surface area contributed by atoms with Gasteiger partial charge in [0.05, 0.1) is 18.1 Å². The Morgan fingerprint density at radius 3 is 2.67 bits per heavy atom. The van der Waals surface area contributed by atoms with Crippen molar-refractivity contribution in [2.75, 3.05) is 59.3 Å². The molecular weight excluding hydrogens is 248 g/mol. The van der Waals surface area contributed by atoms with Gasteiger partial charge in [0.15, 0.2) is 0 Å². The van der Waals surface area contributed by atoms with Crippen LogP contribution in [0.4, 0.5) is 0 Å². The summed E-state index contributed by atoms with van der Waals surface area (Å²) in [4.78, 5) is 5.21. The van der Waals surface area contributed by atoms with Crippen LogP contribution in [-0.2, 0) is 9.47 Å². The molecule has 0 radical (unpaired) electrons. The number of hydrogen-bond acceptors (Lipinski definition) is 5. The first-order chi connectivity index (χ1) is 8.51. The first-order valence-electron chi connectivity index (χ1n) is 6.67. The van der Waals surface area contributed by atoms with Gasteiger partial charge in [0.1, 0.15) is 5.60 Å². The van der Waals surface area contributed by atoms with Gasteiger partial charge in [0.25, 0.3) is 0 Å². The van der Waals surface area contributed by atoms with Crippen LogP contribution in [0.1, 0.15) is 13.8 Å². The second kappa shape index (κ2) is 5.67. The summed E-state index contributed by atoms with van der Waals surface area (Å²) in [6.07, 6.45) is 2.18. The topological polar surface area (TPSA) is 24.9 Å². The maximum absolute atomic E-state index is 6.05. The van der Waals surface area contributed by atoms with Crippen LogP contribution in [0.5, 0.6) is 0 Å². The van der Waals surface area contributed by atoms with Crippen LogP contribution < -0.4 is 0 Å². The van der Waals surface area contributed by atoms with Crippen molar-refractivity contribution >= 4 is 11.8 Å². The number of likely N-dealkylation sites (tertiary alicyclic amines) is 1. The summed E-state index contributed by atoms with van der Waals surface area (Å²) >= 11 is 1.91. The molecule has 2 heterocycles. The highest BCUT2D eigenvalue weighted by Gasteiger charge is 2.51. The molecule has 0 aliphatic carbocycles. The van der Waals surface area contributed by atoms with E-state index in [0.29, 0.717) is 0 Å². The maximum atomic E-state index is 6.05. The second-order valence-corrected chi connectivity index (χ2v) is 7.21. The van der Waals surface area contributed by atoms with E-state index in [1.54, 1.807) is 7.11 Å². The Morgan fingerprint density at radius 2 is 2.06 bits per heavy atom. The average molecular weight is 274 g/mol. The highest BCUT2D eigenvalue weighted by molar-refractivity contribution is 7.99. The van der Waals surface area contributed by atoms with E-state index in [-0.39, 0.29) is 10.5 Å². The van der Waals surface area contributed by atoms with Crippen LogP contribution in [-0.4, -0.2) is 79.6 Å². The molecule has 0 amide bonds. The second-order valence-electron chi connectivity index (χ2n) is 5.81. The van der Waals surface area contributed by atoms with E-state index in [1.807, 2.05) is 11.8 Å². The number of rotatable bonds is 5. The third-order valence-electron chi connectivity index (χ3n) is 4.16. The van der Waals surface area contributed by atoms with Gasteiger partial charge in [0, 0.05) is 39.8 Å². The van der Waals surface area contributed by atoms with E-state index in [4.69, 9.17) is 9.47 Å². The van der Waals surface area contributed by atoms with Crippen LogP contribution in [0.2, 0.25) is 0 Å². The Morgan fingerprint density at radius 1 is 1.33 bits per heavy atom. The summed E-state index contributed by atoms with van der Waals surface area (Å²) in [6, 6.07) is 0. The predicted octanol–water partition coefficient (Wildman–Crippen LogP) is 1.12. The number of ether oxygens (including phenoxy) is 2. The maximum Gasteiger partial charge on any atom is 0.106 e. The average Bonchev–Trinajstić information content (AvgIpc) is 2.33. The van der Waals surface area contributed by atoms with Crippen molar-refractivity contribution in [3.8, 4) is 0 Å². The molecule has 2 aliphatic heterocycles. The Hall–Kier alpha value is 0.190. The van der Waals surface area contributed by atoms with E-state index in [2.05, 4.69) is 29.9 Å². The minimum Gasteiger partial charge on any atom is -0.383 e. The van der Waals surface area contributed by atoms with Crippen LogP contribution in [0.3, 0.4) is 0 Å². The lowest BCUT2D eigenvalue weighted by molar-refractivity contribution is -0.194. The van der Waals surface area contributed by atoms with Crippen molar-refractivity contribution in [3.63, 3.8) is 0 Å². The van der Waals surface area contributed by atoms with Crippen LogP contribution in [0, 0.1) is 0 Å². The number of methoxy groups -OCH3 is 1. The Kier molecular flexibility index (Phi) is 4.60. The molecule has 1 spiro atoms. The SMILES string of the molecule is COCCN1CCOC2(C1)CN(C(C)(C)SC)C2. The summed E-state index contributed by atoms with van der Waals surface area (Å²) < 4.78 is 11.2. The quantitative estimate of drug-likeness (QED) is 0.748.